The fourth-order valence-electron chi connectivity index (χ4n) is 1.83. The molecule has 0 aliphatic heterocycles. The summed E-state index contributed by atoms with van der Waals surface area (Å²) in [6, 6.07) is 7.19. The van der Waals surface area contributed by atoms with Crippen molar-refractivity contribution < 1.29 is 19.4 Å². The molecule has 1 aliphatic carbocycles. The Kier molecular flexibility index (Phi) is 4.04. The second kappa shape index (κ2) is 5.73. The lowest BCUT2D eigenvalue weighted by Gasteiger charge is -2.16. The number of amides is 1. The number of rotatable bonds is 6. The van der Waals surface area contributed by atoms with Gasteiger partial charge in [0.25, 0.3) is 5.91 Å². The number of hydrogen-bond acceptors (Lipinski definition) is 3. The van der Waals surface area contributed by atoms with E-state index in [0.717, 1.165) is 12.8 Å². The molecule has 1 aromatic rings. The predicted octanol–water partition coefficient (Wildman–Crippen LogP) is 1.31. The van der Waals surface area contributed by atoms with Crippen molar-refractivity contribution in [1.82, 2.24) is 4.90 Å². The van der Waals surface area contributed by atoms with Crippen molar-refractivity contribution in [2.75, 3.05) is 13.7 Å². The number of carboxylic acid groups (broad SMARTS) is 1. The molecule has 1 N–H and O–H groups in total. The minimum atomic E-state index is -0.887. The second-order valence-corrected chi connectivity index (χ2v) is 4.74. The smallest absolute Gasteiger partial charge is 0.307 e. The van der Waals surface area contributed by atoms with E-state index in [1.807, 2.05) is 0 Å². The summed E-state index contributed by atoms with van der Waals surface area (Å²) < 4.78 is 5.40. The van der Waals surface area contributed by atoms with E-state index in [2.05, 4.69) is 0 Å². The first-order valence-electron chi connectivity index (χ1n) is 6.25. The van der Waals surface area contributed by atoms with Crippen molar-refractivity contribution in [2.45, 2.75) is 25.3 Å². The monoisotopic (exact) mass is 263 g/mol. The molecule has 0 unspecified atom stereocenters. The van der Waals surface area contributed by atoms with Crippen LogP contribution in [0.1, 0.15) is 18.4 Å². The van der Waals surface area contributed by atoms with Crippen molar-refractivity contribution in [3.05, 3.63) is 29.8 Å². The quantitative estimate of drug-likeness (QED) is 0.840. The highest BCUT2D eigenvalue weighted by molar-refractivity contribution is 5.78. The Labute approximate surface area is 111 Å². The lowest BCUT2D eigenvalue weighted by molar-refractivity contribution is -0.136. The van der Waals surface area contributed by atoms with E-state index < -0.39 is 5.97 Å². The van der Waals surface area contributed by atoms with Gasteiger partial charge in [-0.05, 0) is 30.5 Å². The lowest BCUT2D eigenvalue weighted by Crippen LogP contribution is -2.33. The summed E-state index contributed by atoms with van der Waals surface area (Å²) >= 11 is 0. The molecule has 0 atom stereocenters. The Bertz CT molecular complexity index is 482. The van der Waals surface area contributed by atoms with Crippen molar-refractivity contribution in [3.8, 4) is 5.75 Å². The summed E-state index contributed by atoms with van der Waals surface area (Å²) in [5, 5.41) is 8.72. The topological polar surface area (TPSA) is 66.8 Å². The second-order valence-electron chi connectivity index (χ2n) is 4.74. The van der Waals surface area contributed by atoms with Crippen LogP contribution >= 0.6 is 0 Å². The number of hydrogen-bond donors (Lipinski definition) is 1. The van der Waals surface area contributed by atoms with Crippen molar-refractivity contribution in [3.63, 3.8) is 0 Å². The zero-order valence-electron chi connectivity index (χ0n) is 10.8. The van der Waals surface area contributed by atoms with E-state index in [9.17, 15) is 9.59 Å². The molecule has 2 rings (SSSR count). The minimum absolute atomic E-state index is 0.0104. The molecule has 5 heteroatoms. The summed E-state index contributed by atoms with van der Waals surface area (Å²) in [5.74, 6) is -0.413. The normalized spacial score (nSPS) is 13.9. The van der Waals surface area contributed by atoms with E-state index in [4.69, 9.17) is 9.84 Å². The average Bonchev–Trinajstić information content (AvgIpc) is 3.19. The Morgan fingerprint density at radius 2 is 2.16 bits per heavy atom. The number of carbonyl (C=O) groups excluding carboxylic acids is 1. The van der Waals surface area contributed by atoms with Crippen LogP contribution in [0, 0.1) is 0 Å². The molecular weight excluding hydrogens is 246 g/mol. The molecule has 1 fully saturated rings. The van der Waals surface area contributed by atoms with Gasteiger partial charge in [-0.25, -0.2) is 0 Å². The van der Waals surface area contributed by atoms with Crippen molar-refractivity contribution >= 4 is 11.9 Å². The van der Waals surface area contributed by atoms with Gasteiger partial charge in [0.2, 0.25) is 0 Å². The van der Waals surface area contributed by atoms with E-state index in [0.29, 0.717) is 17.4 Å². The van der Waals surface area contributed by atoms with Crippen molar-refractivity contribution in [2.24, 2.45) is 0 Å². The van der Waals surface area contributed by atoms with Crippen LogP contribution in [0.25, 0.3) is 0 Å². The van der Waals surface area contributed by atoms with Gasteiger partial charge in [-0.1, -0.05) is 12.1 Å². The van der Waals surface area contributed by atoms with Gasteiger partial charge in [-0.15, -0.1) is 0 Å². The third-order valence-corrected chi connectivity index (χ3v) is 3.10. The lowest BCUT2D eigenvalue weighted by atomic mass is 10.1. The summed E-state index contributed by atoms with van der Waals surface area (Å²) in [5.41, 5.74) is 0.660. The molecule has 0 saturated heterocycles. The highest BCUT2D eigenvalue weighted by atomic mass is 16.5. The van der Waals surface area contributed by atoms with Gasteiger partial charge in [0.1, 0.15) is 5.75 Å². The maximum atomic E-state index is 11.8. The predicted molar refractivity (Wildman–Crippen MR) is 69.1 cm³/mol. The van der Waals surface area contributed by atoms with Crippen LogP contribution in [-0.2, 0) is 16.0 Å². The zero-order chi connectivity index (χ0) is 13.8. The van der Waals surface area contributed by atoms with Crippen molar-refractivity contribution in [1.29, 1.82) is 0 Å². The van der Waals surface area contributed by atoms with Gasteiger partial charge in [-0.3, -0.25) is 9.59 Å². The van der Waals surface area contributed by atoms with E-state index >= 15 is 0 Å². The molecule has 1 aromatic carbocycles. The first-order valence-corrected chi connectivity index (χ1v) is 6.25. The van der Waals surface area contributed by atoms with Gasteiger partial charge in [0.15, 0.2) is 6.61 Å². The molecule has 19 heavy (non-hydrogen) atoms. The summed E-state index contributed by atoms with van der Waals surface area (Å²) in [7, 11) is 1.78. The molecule has 0 aromatic heterocycles. The van der Waals surface area contributed by atoms with Gasteiger partial charge in [-0.2, -0.15) is 0 Å². The van der Waals surface area contributed by atoms with Crippen LogP contribution in [0.4, 0.5) is 0 Å². The molecule has 1 aliphatic rings. The number of benzene rings is 1. The highest BCUT2D eigenvalue weighted by Gasteiger charge is 2.29. The Hall–Kier alpha value is -2.04. The fourth-order valence-corrected chi connectivity index (χ4v) is 1.83. The number of likely N-dealkylation sites (N-methyl/N-ethyl adjacent to an activating group) is 1. The van der Waals surface area contributed by atoms with Crippen LogP contribution in [-0.4, -0.2) is 41.6 Å². The maximum Gasteiger partial charge on any atom is 0.307 e. The number of aliphatic carboxylic acids is 1. The van der Waals surface area contributed by atoms with Crippen LogP contribution in [0.15, 0.2) is 24.3 Å². The molecule has 1 amide bonds. The minimum Gasteiger partial charge on any atom is -0.484 e. The van der Waals surface area contributed by atoms with Crippen LogP contribution in [0.3, 0.4) is 0 Å². The van der Waals surface area contributed by atoms with Gasteiger partial charge in [0.05, 0.1) is 6.42 Å². The number of carboxylic acids is 1. The van der Waals surface area contributed by atoms with E-state index in [1.54, 1.807) is 36.2 Å². The van der Waals surface area contributed by atoms with Gasteiger partial charge in [0, 0.05) is 13.1 Å². The number of carbonyl (C=O) groups is 2. The number of ether oxygens (including phenoxy) is 1. The van der Waals surface area contributed by atoms with Gasteiger partial charge >= 0.3 is 5.97 Å². The summed E-state index contributed by atoms with van der Waals surface area (Å²) in [6.45, 7) is -0.0104. The maximum absolute atomic E-state index is 11.8. The van der Waals surface area contributed by atoms with E-state index in [-0.39, 0.29) is 18.9 Å². The fraction of sp³-hybridized carbons (Fsp3) is 0.429. The zero-order valence-corrected chi connectivity index (χ0v) is 10.8. The molecule has 5 nitrogen and oxygen atoms in total. The molecule has 102 valence electrons. The average molecular weight is 263 g/mol. The third kappa shape index (κ3) is 3.98. The Morgan fingerprint density at radius 3 is 2.79 bits per heavy atom. The molecule has 1 saturated carbocycles. The molecule has 0 bridgehead atoms. The van der Waals surface area contributed by atoms with Crippen LogP contribution in [0.2, 0.25) is 0 Å². The highest BCUT2D eigenvalue weighted by Crippen LogP contribution is 2.25. The molecule has 0 radical (unpaired) electrons. The standard InChI is InChI=1S/C14H17NO4/c1-15(11-5-6-11)13(16)9-19-12-4-2-3-10(7-12)8-14(17)18/h2-4,7,11H,5-6,8-9H2,1H3,(H,17,18). The largest absolute Gasteiger partial charge is 0.484 e. The third-order valence-electron chi connectivity index (χ3n) is 3.10. The SMILES string of the molecule is CN(C(=O)COc1cccc(CC(=O)O)c1)C1CC1. The Morgan fingerprint density at radius 1 is 1.42 bits per heavy atom. The van der Waals surface area contributed by atoms with Crippen LogP contribution < -0.4 is 4.74 Å². The first kappa shape index (κ1) is 13.4. The van der Waals surface area contributed by atoms with Gasteiger partial charge < -0.3 is 14.7 Å². The van der Waals surface area contributed by atoms with E-state index in [1.165, 1.54) is 0 Å². The molecular formula is C14H17NO4. The number of nitrogens with zero attached hydrogens (tertiary/aromatic N) is 1. The Balaban J connectivity index is 1.88. The molecule has 0 spiro atoms. The summed E-state index contributed by atoms with van der Waals surface area (Å²) in [6.07, 6.45) is 2.08. The molecule has 0 heterocycles. The summed E-state index contributed by atoms with van der Waals surface area (Å²) in [4.78, 5) is 24.1. The first-order chi connectivity index (χ1) is 9.06. The van der Waals surface area contributed by atoms with Crippen LogP contribution in [0.5, 0.6) is 5.75 Å².